The minimum atomic E-state index is -2.02. The highest BCUT2D eigenvalue weighted by molar-refractivity contribution is 6.78. The van der Waals surface area contributed by atoms with Crippen molar-refractivity contribution in [2.24, 2.45) is 0 Å². The van der Waals surface area contributed by atoms with E-state index in [0.29, 0.717) is 46.5 Å². The first-order valence-corrected chi connectivity index (χ1v) is 16.1. The SMILES string of the molecule is CC(C)=C(OCCO[Si](C(C)C)(C(C)C)C(C)C)O[Si](C(C)C)(C(C)C)C(C)C. The van der Waals surface area contributed by atoms with Gasteiger partial charge in [0, 0.05) is 5.57 Å². The van der Waals surface area contributed by atoms with Gasteiger partial charge in [0.2, 0.25) is 0 Å². The standard InChI is InChI=1S/C24H52O3Si2/c1-17(2)24(27-29(21(9)10,22(11)12)23(13)14)25-15-16-26-28(18(3)4,19(5)6)20(7)8/h18-23H,15-16H2,1-14H3. The molecule has 0 aromatic rings. The van der Waals surface area contributed by atoms with E-state index in [9.17, 15) is 0 Å². The molecule has 0 aliphatic carbocycles. The third-order valence-electron chi connectivity index (χ3n) is 6.76. The van der Waals surface area contributed by atoms with Crippen molar-refractivity contribution in [1.29, 1.82) is 0 Å². The first-order chi connectivity index (χ1) is 13.2. The average Bonchev–Trinajstić information content (AvgIpc) is 2.54. The van der Waals surface area contributed by atoms with Gasteiger partial charge in [-0.05, 0) is 47.1 Å². The lowest BCUT2D eigenvalue weighted by atomic mass is 10.4. The fourth-order valence-electron chi connectivity index (χ4n) is 5.64. The van der Waals surface area contributed by atoms with Gasteiger partial charge in [0.05, 0.1) is 6.61 Å². The molecule has 174 valence electrons. The first kappa shape index (κ1) is 28.7. The van der Waals surface area contributed by atoms with E-state index in [0.717, 1.165) is 11.5 Å². The number of hydrogen-bond donors (Lipinski definition) is 0. The molecule has 0 aliphatic rings. The molecule has 0 spiro atoms. The number of ether oxygens (including phenoxy) is 1. The first-order valence-electron chi connectivity index (χ1n) is 11.8. The second-order valence-electron chi connectivity index (χ2n) is 10.7. The van der Waals surface area contributed by atoms with Crippen LogP contribution in [0.5, 0.6) is 0 Å². The maximum atomic E-state index is 6.81. The van der Waals surface area contributed by atoms with E-state index in [-0.39, 0.29) is 0 Å². The smallest absolute Gasteiger partial charge is 0.263 e. The molecular weight excluding hydrogens is 392 g/mol. The van der Waals surface area contributed by atoms with Crippen LogP contribution in [0.1, 0.15) is 96.9 Å². The van der Waals surface area contributed by atoms with Crippen LogP contribution in [0, 0.1) is 0 Å². The average molecular weight is 445 g/mol. The molecule has 0 radical (unpaired) electrons. The second kappa shape index (κ2) is 11.9. The molecule has 0 aromatic heterocycles. The molecule has 5 heteroatoms. The fraction of sp³-hybridized carbons (Fsp3) is 0.917. The van der Waals surface area contributed by atoms with Crippen molar-refractivity contribution in [3.63, 3.8) is 0 Å². The summed E-state index contributed by atoms with van der Waals surface area (Å²) < 4.78 is 19.7. The summed E-state index contributed by atoms with van der Waals surface area (Å²) in [6.07, 6.45) is 0. The molecule has 0 heterocycles. The van der Waals surface area contributed by atoms with E-state index < -0.39 is 16.6 Å². The minimum Gasteiger partial charge on any atom is -0.518 e. The van der Waals surface area contributed by atoms with Crippen LogP contribution in [0.15, 0.2) is 11.5 Å². The second-order valence-corrected chi connectivity index (χ2v) is 21.6. The Hall–Kier alpha value is -0.266. The van der Waals surface area contributed by atoms with Gasteiger partial charge in [-0.3, -0.25) is 0 Å². The minimum absolute atomic E-state index is 0.527. The predicted octanol–water partition coefficient (Wildman–Crippen LogP) is 8.64. The zero-order chi connectivity index (χ0) is 23.2. The molecule has 0 aromatic carbocycles. The van der Waals surface area contributed by atoms with E-state index in [2.05, 4.69) is 96.9 Å². The summed E-state index contributed by atoms with van der Waals surface area (Å²) in [7, 11) is -3.87. The summed E-state index contributed by atoms with van der Waals surface area (Å²) in [5.74, 6) is 0.738. The molecule has 0 amide bonds. The van der Waals surface area contributed by atoms with E-state index in [1.54, 1.807) is 0 Å². The summed E-state index contributed by atoms with van der Waals surface area (Å²) >= 11 is 0. The Morgan fingerprint density at radius 2 is 0.897 bits per heavy atom. The largest absolute Gasteiger partial charge is 0.518 e. The lowest BCUT2D eigenvalue weighted by Gasteiger charge is -2.43. The van der Waals surface area contributed by atoms with Crippen LogP contribution in [-0.2, 0) is 13.6 Å². The van der Waals surface area contributed by atoms with Crippen molar-refractivity contribution in [1.82, 2.24) is 0 Å². The fourth-order valence-corrected chi connectivity index (χ4v) is 16.4. The maximum absolute atomic E-state index is 6.81. The molecule has 0 bridgehead atoms. The van der Waals surface area contributed by atoms with E-state index >= 15 is 0 Å². The van der Waals surface area contributed by atoms with Gasteiger partial charge in [-0.25, -0.2) is 0 Å². The van der Waals surface area contributed by atoms with Crippen molar-refractivity contribution in [3.05, 3.63) is 11.5 Å². The van der Waals surface area contributed by atoms with Crippen LogP contribution in [0.3, 0.4) is 0 Å². The summed E-state index contributed by atoms with van der Waals surface area (Å²) in [5.41, 5.74) is 4.46. The van der Waals surface area contributed by atoms with Crippen molar-refractivity contribution in [3.8, 4) is 0 Å². The molecule has 0 unspecified atom stereocenters. The van der Waals surface area contributed by atoms with E-state index in [1.165, 1.54) is 0 Å². The molecule has 0 fully saturated rings. The van der Waals surface area contributed by atoms with Gasteiger partial charge in [-0.15, -0.1) is 0 Å². The highest BCUT2D eigenvalue weighted by Crippen LogP contribution is 2.44. The van der Waals surface area contributed by atoms with Crippen LogP contribution in [-0.4, -0.2) is 29.8 Å². The highest BCUT2D eigenvalue weighted by Gasteiger charge is 2.48. The third-order valence-corrected chi connectivity index (χ3v) is 18.8. The monoisotopic (exact) mass is 444 g/mol. The molecule has 29 heavy (non-hydrogen) atoms. The lowest BCUT2D eigenvalue weighted by Crippen LogP contribution is -2.49. The molecule has 0 saturated heterocycles. The molecule has 0 atom stereocenters. The molecule has 0 rings (SSSR count). The van der Waals surface area contributed by atoms with Crippen molar-refractivity contribution in [2.45, 2.75) is 130 Å². The van der Waals surface area contributed by atoms with Crippen LogP contribution in [0.4, 0.5) is 0 Å². The third kappa shape index (κ3) is 6.60. The van der Waals surface area contributed by atoms with Gasteiger partial charge in [0.25, 0.3) is 14.3 Å². The summed E-state index contributed by atoms with van der Waals surface area (Å²) in [5, 5.41) is 0. The van der Waals surface area contributed by atoms with Gasteiger partial charge < -0.3 is 13.6 Å². The molecule has 0 saturated carbocycles. The Kier molecular flexibility index (Phi) is 11.8. The normalized spacial score (nSPS) is 13.4. The van der Waals surface area contributed by atoms with Crippen LogP contribution < -0.4 is 0 Å². The van der Waals surface area contributed by atoms with Crippen LogP contribution in [0.2, 0.25) is 33.2 Å². The Balaban J connectivity index is 5.36. The number of hydrogen-bond acceptors (Lipinski definition) is 3. The van der Waals surface area contributed by atoms with E-state index in [4.69, 9.17) is 13.6 Å². The summed E-state index contributed by atoms with van der Waals surface area (Å²) in [6.45, 7) is 33.2. The summed E-state index contributed by atoms with van der Waals surface area (Å²) in [6, 6.07) is 0. The van der Waals surface area contributed by atoms with E-state index in [1.807, 2.05) is 0 Å². The van der Waals surface area contributed by atoms with Crippen LogP contribution >= 0.6 is 0 Å². The zero-order valence-corrected chi connectivity index (χ0v) is 24.1. The lowest BCUT2D eigenvalue weighted by molar-refractivity contribution is 0.0669. The van der Waals surface area contributed by atoms with Gasteiger partial charge >= 0.3 is 0 Å². The molecule has 0 N–H and O–H groups in total. The zero-order valence-electron chi connectivity index (χ0n) is 22.1. The molecular formula is C24H52O3Si2. The quantitative estimate of drug-likeness (QED) is 0.161. The van der Waals surface area contributed by atoms with Gasteiger partial charge in [0.15, 0.2) is 8.32 Å². The van der Waals surface area contributed by atoms with Crippen molar-refractivity contribution in [2.75, 3.05) is 13.2 Å². The number of allylic oxidation sites excluding steroid dienone is 1. The Morgan fingerprint density at radius 1 is 0.552 bits per heavy atom. The van der Waals surface area contributed by atoms with Gasteiger partial charge in [-0.2, -0.15) is 0 Å². The Bertz CT molecular complexity index is 461. The summed E-state index contributed by atoms with van der Waals surface area (Å²) in [4.78, 5) is 0. The highest BCUT2D eigenvalue weighted by atomic mass is 28.4. The number of rotatable bonds is 13. The molecule has 3 nitrogen and oxygen atoms in total. The Morgan fingerprint density at radius 3 is 1.17 bits per heavy atom. The maximum Gasteiger partial charge on any atom is 0.263 e. The predicted molar refractivity (Wildman–Crippen MR) is 133 cm³/mol. The van der Waals surface area contributed by atoms with Crippen LogP contribution in [0.25, 0.3) is 0 Å². The topological polar surface area (TPSA) is 27.7 Å². The van der Waals surface area contributed by atoms with Gasteiger partial charge in [0.1, 0.15) is 6.61 Å². The van der Waals surface area contributed by atoms with Gasteiger partial charge in [-0.1, -0.05) is 83.1 Å². The Labute approximate surface area is 185 Å². The molecule has 0 aliphatic heterocycles. The van der Waals surface area contributed by atoms with Crippen molar-refractivity contribution >= 4 is 16.6 Å². The van der Waals surface area contributed by atoms with Crippen molar-refractivity contribution < 1.29 is 13.6 Å².